The van der Waals surface area contributed by atoms with Gasteiger partial charge in [0.1, 0.15) is 11.5 Å². The van der Waals surface area contributed by atoms with E-state index < -0.39 is 0 Å². The van der Waals surface area contributed by atoms with Gasteiger partial charge in [-0.3, -0.25) is 4.79 Å². The number of carbonyl (C=O) groups is 2. The normalized spacial score (nSPS) is 9.82. The van der Waals surface area contributed by atoms with E-state index in [9.17, 15) is 9.59 Å². The van der Waals surface area contributed by atoms with Crippen molar-refractivity contribution in [1.29, 1.82) is 0 Å². The minimum atomic E-state index is -0.176. The molecule has 1 aromatic carbocycles. The first kappa shape index (κ1) is 13.7. The molecule has 0 bridgehead atoms. The van der Waals surface area contributed by atoms with Gasteiger partial charge in [0.2, 0.25) is 5.91 Å². The van der Waals surface area contributed by atoms with Crippen LogP contribution in [-0.4, -0.2) is 18.8 Å². The standard InChI is InChI=1S/C12H14BrNO3/c1-8(15)3-6-12(16)14-9-4-5-10(13)11(7-9)17-2/h4-5,7H,3,6H2,1-2H3,(H,14,16). The van der Waals surface area contributed by atoms with Crippen molar-refractivity contribution in [3.8, 4) is 5.75 Å². The summed E-state index contributed by atoms with van der Waals surface area (Å²) in [6.45, 7) is 1.47. The van der Waals surface area contributed by atoms with Crippen LogP contribution in [-0.2, 0) is 9.59 Å². The van der Waals surface area contributed by atoms with Crippen molar-refractivity contribution in [2.24, 2.45) is 0 Å². The highest BCUT2D eigenvalue weighted by Gasteiger charge is 2.06. The van der Waals surface area contributed by atoms with Crippen LogP contribution in [0.1, 0.15) is 19.8 Å². The third-order valence-electron chi connectivity index (χ3n) is 2.14. The van der Waals surface area contributed by atoms with Gasteiger partial charge in [0.15, 0.2) is 0 Å². The fourth-order valence-electron chi connectivity index (χ4n) is 1.25. The SMILES string of the molecule is COc1cc(NC(=O)CCC(C)=O)ccc1Br. The molecule has 0 spiro atoms. The van der Waals surface area contributed by atoms with E-state index in [-0.39, 0.29) is 24.5 Å². The number of Topliss-reactive ketones (excluding diaryl/α,β-unsaturated/α-hetero) is 1. The molecule has 0 saturated carbocycles. The van der Waals surface area contributed by atoms with Crippen molar-refractivity contribution in [1.82, 2.24) is 0 Å². The number of rotatable bonds is 5. The Bertz CT molecular complexity index is 432. The lowest BCUT2D eigenvalue weighted by Crippen LogP contribution is -2.12. The van der Waals surface area contributed by atoms with Crippen LogP contribution in [0.2, 0.25) is 0 Å². The van der Waals surface area contributed by atoms with Gasteiger partial charge in [-0.05, 0) is 35.0 Å². The van der Waals surface area contributed by atoms with Crippen molar-refractivity contribution < 1.29 is 14.3 Å². The van der Waals surface area contributed by atoms with Gasteiger partial charge in [-0.1, -0.05) is 0 Å². The Balaban J connectivity index is 2.62. The summed E-state index contributed by atoms with van der Waals surface area (Å²) in [7, 11) is 1.56. The van der Waals surface area contributed by atoms with Gasteiger partial charge in [0, 0.05) is 24.6 Å². The molecule has 5 heteroatoms. The molecule has 0 fully saturated rings. The number of carbonyl (C=O) groups excluding carboxylic acids is 2. The average Bonchev–Trinajstić information content (AvgIpc) is 2.29. The third kappa shape index (κ3) is 4.56. The van der Waals surface area contributed by atoms with Crippen molar-refractivity contribution >= 4 is 33.3 Å². The molecule has 0 saturated heterocycles. The summed E-state index contributed by atoms with van der Waals surface area (Å²) in [6, 6.07) is 5.27. The van der Waals surface area contributed by atoms with Crippen LogP contribution < -0.4 is 10.1 Å². The molecule has 0 unspecified atom stereocenters. The Morgan fingerprint density at radius 3 is 2.65 bits per heavy atom. The summed E-state index contributed by atoms with van der Waals surface area (Å²) in [5.74, 6) is 0.479. The molecule has 0 aliphatic heterocycles. The van der Waals surface area contributed by atoms with E-state index in [4.69, 9.17) is 4.74 Å². The summed E-state index contributed by atoms with van der Waals surface area (Å²) < 4.78 is 5.93. The van der Waals surface area contributed by atoms with Crippen LogP contribution in [0.3, 0.4) is 0 Å². The summed E-state index contributed by atoms with van der Waals surface area (Å²) in [6.07, 6.45) is 0.465. The maximum absolute atomic E-state index is 11.5. The largest absolute Gasteiger partial charge is 0.495 e. The number of amides is 1. The first-order chi connectivity index (χ1) is 8.02. The Labute approximate surface area is 108 Å². The van der Waals surface area contributed by atoms with Crippen molar-refractivity contribution in [2.45, 2.75) is 19.8 Å². The van der Waals surface area contributed by atoms with E-state index in [0.717, 1.165) is 4.47 Å². The van der Waals surface area contributed by atoms with Crippen LogP contribution in [0, 0.1) is 0 Å². The Kier molecular flexibility index (Phi) is 5.15. The first-order valence-corrected chi connectivity index (χ1v) is 5.95. The van der Waals surface area contributed by atoms with E-state index in [1.165, 1.54) is 6.92 Å². The molecule has 0 aromatic heterocycles. The second-order valence-electron chi connectivity index (χ2n) is 3.60. The highest BCUT2D eigenvalue weighted by molar-refractivity contribution is 9.10. The smallest absolute Gasteiger partial charge is 0.224 e. The zero-order valence-corrected chi connectivity index (χ0v) is 11.3. The summed E-state index contributed by atoms with van der Waals surface area (Å²) >= 11 is 3.32. The van der Waals surface area contributed by atoms with E-state index in [1.54, 1.807) is 25.3 Å². The molecular formula is C12H14BrNO3. The number of nitrogens with one attached hydrogen (secondary N) is 1. The van der Waals surface area contributed by atoms with E-state index in [2.05, 4.69) is 21.2 Å². The summed E-state index contributed by atoms with van der Waals surface area (Å²) in [5, 5.41) is 2.71. The third-order valence-corrected chi connectivity index (χ3v) is 2.79. The fourth-order valence-corrected chi connectivity index (χ4v) is 1.66. The zero-order valence-electron chi connectivity index (χ0n) is 9.75. The van der Waals surface area contributed by atoms with Gasteiger partial charge in [0.05, 0.1) is 11.6 Å². The van der Waals surface area contributed by atoms with Crippen LogP contribution in [0.5, 0.6) is 5.75 Å². The highest BCUT2D eigenvalue weighted by atomic mass is 79.9. The number of methoxy groups -OCH3 is 1. The van der Waals surface area contributed by atoms with E-state index in [0.29, 0.717) is 11.4 Å². The quantitative estimate of drug-likeness (QED) is 0.909. The molecule has 92 valence electrons. The lowest BCUT2D eigenvalue weighted by atomic mass is 10.2. The van der Waals surface area contributed by atoms with Gasteiger partial charge < -0.3 is 14.8 Å². The molecule has 1 N–H and O–H groups in total. The number of hydrogen-bond donors (Lipinski definition) is 1. The zero-order chi connectivity index (χ0) is 12.8. The van der Waals surface area contributed by atoms with Crippen molar-refractivity contribution in [3.05, 3.63) is 22.7 Å². The monoisotopic (exact) mass is 299 g/mol. The van der Waals surface area contributed by atoms with Crippen LogP contribution in [0.4, 0.5) is 5.69 Å². The lowest BCUT2D eigenvalue weighted by molar-refractivity contribution is -0.121. The van der Waals surface area contributed by atoms with E-state index >= 15 is 0 Å². The molecular weight excluding hydrogens is 286 g/mol. The van der Waals surface area contributed by atoms with Gasteiger partial charge >= 0.3 is 0 Å². The second kappa shape index (κ2) is 6.39. The van der Waals surface area contributed by atoms with Crippen molar-refractivity contribution in [3.63, 3.8) is 0 Å². The molecule has 17 heavy (non-hydrogen) atoms. The number of ketones is 1. The van der Waals surface area contributed by atoms with Crippen LogP contribution in [0.15, 0.2) is 22.7 Å². The summed E-state index contributed by atoms with van der Waals surface area (Å²) in [4.78, 5) is 22.2. The molecule has 0 radical (unpaired) electrons. The lowest BCUT2D eigenvalue weighted by Gasteiger charge is -2.08. The van der Waals surface area contributed by atoms with Crippen molar-refractivity contribution in [2.75, 3.05) is 12.4 Å². The predicted molar refractivity (Wildman–Crippen MR) is 69.2 cm³/mol. The second-order valence-corrected chi connectivity index (χ2v) is 4.45. The predicted octanol–water partition coefficient (Wildman–Crippen LogP) is 2.77. The maximum Gasteiger partial charge on any atom is 0.224 e. The molecule has 0 heterocycles. The Morgan fingerprint density at radius 1 is 1.35 bits per heavy atom. The number of halogens is 1. The number of anilines is 1. The molecule has 1 aromatic rings. The number of benzene rings is 1. The Hall–Kier alpha value is -1.36. The minimum absolute atomic E-state index is 0.00790. The first-order valence-electron chi connectivity index (χ1n) is 5.15. The fraction of sp³-hybridized carbons (Fsp3) is 0.333. The number of ether oxygens (including phenoxy) is 1. The molecule has 4 nitrogen and oxygen atoms in total. The minimum Gasteiger partial charge on any atom is -0.495 e. The molecule has 0 aliphatic carbocycles. The van der Waals surface area contributed by atoms with Crippen LogP contribution in [0.25, 0.3) is 0 Å². The summed E-state index contributed by atoms with van der Waals surface area (Å²) in [5.41, 5.74) is 0.651. The van der Waals surface area contributed by atoms with E-state index in [1.807, 2.05) is 0 Å². The maximum atomic E-state index is 11.5. The highest BCUT2D eigenvalue weighted by Crippen LogP contribution is 2.27. The molecule has 0 aliphatic rings. The topological polar surface area (TPSA) is 55.4 Å². The van der Waals surface area contributed by atoms with Gasteiger partial charge in [-0.25, -0.2) is 0 Å². The molecule has 1 rings (SSSR count). The Morgan fingerprint density at radius 2 is 2.06 bits per heavy atom. The van der Waals surface area contributed by atoms with Gasteiger partial charge in [-0.15, -0.1) is 0 Å². The van der Waals surface area contributed by atoms with Gasteiger partial charge in [0.25, 0.3) is 0 Å². The molecule has 1 amide bonds. The average molecular weight is 300 g/mol. The number of hydrogen-bond acceptors (Lipinski definition) is 3. The molecule has 0 atom stereocenters. The van der Waals surface area contributed by atoms with Gasteiger partial charge in [-0.2, -0.15) is 0 Å². The van der Waals surface area contributed by atoms with Crippen LogP contribution >= 0.6 is 15.9 Å².